The molecule has 2 amide bonds. The molecule has 0 atom stereocenters. The summed E-state index contributed by atoms with van der Waals surface area (Å²) in [7, 11) is 1.00. The van der Waals surface area contributed by atoms with Crippen LogP contribution >= 0.6 is 0 Å². The van der Waals surface area contributed by atoms with Crippen molar-refractivity contribution in [1.82, 2.24) is 9.97 Å². The Kier molecular flexibility index (Phi) is 9.87. The number of nitrogen functional groups attached to an aromatic ring is 1. The standard InChI is InChI=1S/C19H16N4O2.CH3NO.CH4O/c1-2-18(25)22-16-5-3-4-12-6-7-13(10-14(12)16)19-21-11-15(20)17(23-19)8-9-24;2-1-3;1-2/h2-7,9-11H,1,8,20H2,(H,22,25);1H,(H2,2,3);2H,1H3. The Hall–Kier alpha value is -4.11. The minimum atomic E-state index is -0.282. The lowest BCUT2D eigenvalue weighted by Gasteiger charge is -2.10. The number of hydrogen-bond donors (Lipinski definition) is 4. The second kappa shape index (κ2) is 12.4. The van der Waals surface area contributed by atoms with Crippen LogP contribution in [0.25, 0.3) is 22.2 Å². The smallest absolute Gasteiger partial charge is 0.247 e. The number of nitrogens with one attached hydrogen (secondary N) is 1. The van der Waals surface area contributed by atoms with Gasteiger partial charge in [-0.25, -0.2) is 9.97 Å². The second-order valence-electron chi connectivity index (χ2n) is 5.54. The van der Waals surface area contributed by atoms with E-state index >= 15 is 0 Å². The van der Waals surface area contributed by atoms with Crippen molar-refractivity contribution in [2.45, 2.75) is 6.42 Å². The van der Waals surface area contributed by atoms with Crippen molar-refractivity contribution in [3.63, 3.8) is 0 Å². The van der Waals surface area contributed by atoms with E-state index in [-0.39, 0.29) is 18.7 Å². The molecule has 0 aliphatic rings. The number of hydrogen-bond acceptors (Lipinski definition) is 7. The Morgan fingerprint density at radius 1 is 1.23 bits per heavy atom. The van der Waals surface area contributed by atoms with E-state index in [0.717, 1.165) is 29.7 Å². The molecule has 0 bridgehead atoms. The van der Waals surface area contributed by atoms with Crippen LogP contribution in [0.2, 0.25) is 0 Å². The van der Waals surface area contributed by atoms with Crippen LogP contribution in [-0.4, -0.2) is 40.8 Å². The third kappa shape index (κ3) is 6.21. The maximum atomic E-state index is 11.6. The van der Waals surface area contributed by atoms with E-state index < -0.39 is 0 Å². The molecule has 3 aromatic rings. The number of aromatic nitrogens is 2. The molecule has 0 spiro atoms. The molecule has 0 radical (unpaired) electrons. The Labute approximate surface area is 173 Å². The molecule has 0 aliphatic carbocycles. The van der Waals surface area contributed by atoms with E-state index in [1.165, 1.54) is 12.3 Å². The van der Waals surface area contributed by atoms with E-state index in [9.17, 15) is 9.59 Å². The van der Waals surface area contributed by atoms with Gasteiger partial charge in [-0.1, -0.05) is 30.8 Å². The van der Waals surface area contributed by atoms with Crippen molar-refractivity contribution >= 4 is 40.8 Å². The third-order valence-corrected chi connectivity index (χ3v) is 3.76. The van der Waals surface area contributed by atoms with Gasteiger partial charge in [-0.05, 0) is 23.6 Å². The molecule has 3 rings (SSSR count). The molecule has 0 saturated heterocycles. The Bertz CT molecular complexity index is 1040. The summed E-state index contributed by atoms with van der Waals surface area (Å²) in [6, 6.07) is 11.3. The van der Waals surface area contributed by atoms with Gasteiger partial charge in [-0.3, -0.25) is 9.59 Å². The molecular formula is C21H23N5O4. The monoisotopic (exact) mass is 409 g/mol. The Morgan fingerprint density at radius 3 is 2.57 bits per heavy atom. The maximum absolute atomic E-state index is 11.6. The molecular weight excluding hydrogens is 386 g/mol. The molecule has 0 aliphatic heterocycles. The highest BCUT2D eigenvalue weighted by atomic mass is 16.2. The summed E-state index contributed by atoms with van der Waals surface area (Å²) in [6.45, 7) is 3.47. The number of aldehydes is 1. The minimum absolute atomic E-state index is 0.135. The van der Waals surface area contributed by atoms with E-state index in [0.29, 0.717) is 22.9 Å². The lowest BCUT2D eigenvalue weighted by atomic mass is 10.0. The lowest BCUT2D eigenvalue weighted by molar-refractivity contribution is -0.112. The highest BCUT2D eigenvalue weighted by molar-refractivity contribution is 6.06. The van der Waals surface area contributed by atoms with E-state index in [1.54, 1.807) is 0 Å². The van der Waals surface area contributed by atoms with Crippen LogP contribution < -0.4 is 16.8 Å². The van der Waals surface area contributed by atoms with Crippen molar-refractivity contribution in [1.29, 1.82) is 0 Å². The molecule has 2 aromatic carbocycles. The SMILES string of the molecule is C=CC(=O)Nc1cccc2ccc(-c3ncc(N)c(CC=O)n3)cc12.CO.NC=O. The number of fused-ring (bicyclic) bond motifs is 1. The zero-order valence-corrected chi connectivity index (χ0v) is 16.4. The molecule has 0 fully saturated rings. The fourth-order valence-corrected chi connectivity index (χ4v) is 2.51. The van der Waals surface area contributed by atoms with Gasteiger partial charge in [0, 0.05) is 30.2 Å². The molecule has 156 valence electrons. The Balaban J connectivity index is 0.000000826. The number of carbonyl (C=O) groups is 3. The molecule has 9 nitrogen and oxygen atoms in total. The normalized spacial score (nSPS) is 9.27. The van der Waals surface area contributed by atoms with Gasteiger partial charge in [0.2, 0.25) is 12.3 Å². The van der Waals surface area contributed by atoms with Gasteiger partial charge in [0.1, 0.15) is 6.29 Å². The summed E-state index contributed by atoms with van der Waals surface area (Å²) in [5.74, 6) is 0.188. The molecule has 0 unspecified atom stereocenters. The summed E-state index contributed by atoms with van der Waals surface area (Å²) >= 11 is 0. The minimum Gasteiger partial charge on any atom is -0.400 e. The zero-order valence-electron chi connectivity index (χ0n) is 16.4. The largest absolute Gasteiger partial charge is 0.400 e. The van der Waals surface area contributed by atoms with Crippen LogP contribution in [0.5, 0.6) is 0 Å². The molecule has 30 heavy (non-hydrogen) atoms. The van der Waals surface area contributed by atoms with Crippen LogP contribution in [0.1, 0.15) is 5.69 Å². The number of benzene rings is 2. The lowest BCUT2D eigenvalue weighted by Crippen LogP contribution is -2.07. The maximum Gasteiger partial charge on any atom is 0.247 e. The number of rotatable bonds is 5. The van der Waals surface area contributed by atoms with Gasteiger partial charge >= 0.3 is 0 Å². The van der Waals surface area contributed by atoms with E-state index in [2.05, 4.69) is 27.6 Å². The second-order valence-corrected chi connectivity index (χ2v) is 5.54. The van der Waals surface area contributed by atoms with Gasteiger partial charge in [-0.2, -0.15) is 0 Å². The van der Waals surface area contributed by atoms with Gasteiger partial charge in [0.25, 0.3) is 0 Å². The fraction of sp³-hybridized carbons (Fsp3) is 0.0952. The number of nitrogens with zero attached hydrogens (tertiary/aromatic N) is 2. The summed E-state index contributed by atoms with van der Waals surface area (Å²) < 4.78 is 0. The number of nitrogens with two attached hydrogens (primary N) is 2. The van der Waals surface area contributed by atoms with E-state index in [4.69, 9.17) is 15.6 Å². The summed E-state index contributed by atoms with van der Waals surface area (Å²) in [5, 5.41) is 11.6. The number of primary amides is 1. The zero-order chi connectivity index (χ0) is 22.5. The molecule has 1 heterocycles. The molecule has 0 saturated carbocycles. The fourth-order valence-electron chi connectivity index (χ4n) is 2.51. The first-order chi connectivity index (χ1) is 14.5. The average Bonchev–Trinajstić information content (AvgIpc) is 2.77. The van der Waals surface area contributed by atoms with Crippen molar-refractivity contribution in [2.24, 2.45) is 5.73 Å². The Morgan fingerprint density at radius 2 is 1.93 bits per heavy atom. The van der Waals surface area contributed by atoms with Crippen LogP contribution in [0.4, 0.5) is 11.4 Å². The highest BCUT2D eigenvalue weighted by Gasteiger charge is 2.09. The molecule has 1 aromatic heterocycles. The third-order valence-electron chi connectivity index (χ3n) is 3.76. The van der Waals surface area contributed by atoms with Gasteiger partial charge in [0.15, 0.2) is 5.82 Å². The average molecular weight is 409 g/mol. The van der Waals surface area contributed by atoms with E-state index in [1.807, 2.05) is 36.4 Å². The van der Waals surface area contributed by atoms with Crippen LogP contribution in [0, 0.1) is 0 Å². The number of aliphatic hydroxyl groups excluding tert-OH is 1. The van der Waals surface area contributed by atoms with Crippen LogP contribution in [-0.2, 0) is 20.8 Å². The molecule has 9 heteroatoms. The van der Waals surface area contributed by atoms with Gasteiger partial charge < -0.3 is 26.7 Å². The number of carbonyl (C=O) groups excluding carboxylic acids is 3. The number of anilines is 2. The first-order valence-electron chi connectivity index (χ1n) is 8.65. The first kappa shape index (κ1) is 23.9. The quantitative estimate of drug-likeness (QED) is 0.366. The van der Waals surface area contributed by atoms with Crippen LogP contribution in [0.3, 0.4) is 0 Å². The first-order valence-corrected chi connectivity index (χ1v) is 8.65. The van der Waals surface area contributed by atoms with Crippen molar-refractivity contribution < 1.29 is 19.5 Å². The van der Waals surface area contributed by atoms with Crippen LogP contribution in [0.15, 0.2) is 55.3 Å². The topological polar surface area (TPSA) is 161 Å². The predicted molar refractivity (Wildman–Crippen MR) is 116 cm³/mol. The van der Waals surface area contributed by atoms with Gasteiger partial charge in [-0.15, -0.1) is 0 Å². The van der Waals surface area contributed by atoms with Crippen molar-refractivity contribution in [3.05, 3.63) is 60.9 Å². The summed E-state index contributed by atoms with van der Waals surface area (Å²) in [6.07, 6.45) is 3.86. The van der Waals surface area contributed by atoms with Gasteiger partial charge in [0.05, 0.1) is 17.6 Å². The summed E-state index contributed by atoms with van der Waals surface area (Å²) in [4.78, 5) is 39.6. The highest BCUT2D eigenvalue weighted by Crippen LogP contribution is 2.28. The summed E-state index contributed by atoms with van der Waals surface area (Å²) in [5.41, 5.74) is 12.3. The van der Waals surface area contributed by atoms with Crippen molar-refractivity contribution in [3.8, 4) is 11.4 Å². The van der Waals surface area contributed by atoms with Crippen molar-refractivity contribution in [2.75, 3.05) is 18.2 Å². The predicted octanol–water partition coefficient (Wildman–Crippen LogP) is 1.45. The molecule has 6 N–H and O–H groups in total. The number of aliphatic hydroxyl groups is 1. The number of amides is 2.